The number of ketones is 1. The number of nitro groups is 1. The molecule has 32 heavy (non-hydrogen) atoms. The minimum atomic E-state index is -1.71. The molecule has 0 fully saturated rings. The van der Waals surface area contributed by atoms with Gasteiger partial charge in [0.15, 0.2) is 11.5 Å². The van der Waals surface area contributed by atoms with Crippen molar-refractivity contribution in [3.05, 3.63) is 112 Å². The van der Waals surface area contributed by atoms with E-state index in [9.17, 15) is 20.0 Å². The van der Waals surface area contributed by atoms with Crippen LogP contribution in [0.1, 0.15) is 19.4 Å². The molecule has 0 radical (unpaired) electrons. The molecule has 0 bridgehead atoms. The molecule has 2 unspecified atom stereocenters. The van der Waals surface area contributed by atoms with Gasteiger partial charge in [-0.25, -0.2) is 0 Å². The summed E-state index contributed by atoms with van der Waals surface area (Å²) in [5, 5.41) is 26.8. The summed E-state index contributed by atoms with van der Waals surface area (Å²) < 4.78 is 0. The van der Waals surface area contributed by atoms with E-state index in [2.05, 4.69) is 5.32 Å². The first-order chi connectivity index (χ1) is 15.3. The highest BCUT2D eigenvalue weighted by molar-refractivity contribution is 5.98. The quantitative estimate of drug-likeness (QED) is 0.439. The Bertz CT molecular complexity index is 1180. The molecule has 2 atom stereocenters. The number of para-hydroxylation sites is 2. The number of non-ortho nitro benzene ring substituents is 1. The van der Waals surface area contributed by atoms with Crippen molar-refractivity contribution in [1.82, 2.24) is 0 Å². The number of nitrogens with zero attached hydrogens (tertiary/aromatic N) is 2. The fraction of sp³-hybridized carbons (Fsp3) is 0.160. The van der Waals surface area contributed by atoms with Gasteiger partial charge in [0.1, 0.15) is 6.04 Å². The standard InChI is InChI=1S/C25H23N3O4/c1-17-23(18(2)29)24(26-20-9-5-3-6-10-20)25(30,27(17)21-11-7-4-8-12-21)19-13-15-22(16-14-19)28(31)32/h3-16,24,26,30H,1-2H3. The average Bonchev–Trinajstić information content (AvgIpc) is 3.02. The number of hydrogen-bond donors (Lipinski definition) is 2. The molecule has 1 heterocycles. The van der Waals surface area contributed by atoms with E-state index in [0.717, 1.165) is 5.69 Å². The summed E-state index contributed by atoms with van der Waals surface area (Å²) in [7, 11) is 0. The van der Waals surface area contributed by atoms with Gasteiger partial charge in [-0.3, -0.25) is 14.9 Å². The molecular weight excluding hydrogens is 406 g/mol. The molecule has 0 saturated heterocycles. The maximum atomic E-state index is 12.8. The van der Waals surface area contributed by atoms with Gasteiger partial charge in [-0.1, -0.05) is 36.4 Å². The number of nitrogens with one attached hydrogen (secondary N) is 1. The molecule has 0 saturated carbocycles. The lowest BCUT2D eigenvalue weighted by molar-refractivity contribution is -0.384. The van der Waals surface area contributed by atoms with E-state index >= 15 is 0 Å². The Balaban J connectivity index is 1.93. The number of Topliss-reactive ketones (excluding diaryl/α,β-unsaturated/α-hetero) is 1. The second-order valence-electron chi connectivity index (χ2n) is 7.70. The van der Waals surface area contributed by atoms with Crippen molar-refractivity contribution in [1.29, 1.82) is 0 Å². The Morgan fingerprint density at radius 1 is 1.00 bits per heavy atom. The lowest BCUT2D eigenvalue weighted by atomic mass is 9.89. The van der Waals surface area contributed by atoms with Crippen LogP contribution in [-0.4, -0.2) is 21.9 Å². The van der Waals surface area contributed by atoms with Crippen LogP contribution in [0.25, 0.3) is 0 Å². The van der Waals surface area contributed by atoms with Crippen LogP contribution in [-0.2, 0) is 10.5 Å². The van der Waals surface area contributed by atoms with Gasteiger partial charge in [0.05, 0.1) is 4.92 Å². The molecule has 162 valence electrons. The van der Waals surface area contributed by atoms with Crippen LogP contribution in [0.4, 0.5) is 17.1 Å². The highest BCUT2D eigenvalue weighted by atomic mass is 16.6. The molecule has 0 spiro atoms. The normalized spacial score (nSPS) is 20.3. The average molecular weight is 429 g/mol. The monoisotopic (exact) mass is 429 g/mol. The number of hydrogen-bond acceptors (Lipinski definition) is 6. The number of nitro benzene ring substituents is 1. The van der Waals surface area contributed by atoms with Crippen molar-refractivity contribution in [3.8, 4) is 0 Å². The lowest BCUT2D eigenvalue weighted by Crippen LogP contribution is -2.52. The number of carbonyl (C=O) groups is 1. The van der Waals surface area contributed by atoms with Gasteiger partial charge in [0.2, 0.25) is 0 Å². The van der Waals surface area contributed by atoms with Crippen LogP contribution in [0.5, 0.6) is 0 Å². The molecule has 1 aliphatic heterocycles. The summed E-state index contributed by atoms with van der Waals surface area (Å²) in [5.74, 6) is -0.172. The summed E-state index contributed by atoms with van der Waals surface area (Å²) >= 11 is 0. The molecule has 4 rings (SSSR count). The van der Waals surface area contributed by atoms with Gasteiger partial charge in [-0.2, -0.15) is 0 Å². The Labute approximate surface area is 185 Å². The molecule has 0 aliphatic carbocycles. The van der Waals surface area contributed by atoms with E-state index < -0.39 is 16.7 Å². The van der Waals surface area contributed by atoms with Gasteiger partial charge in [0.25, 0.3) is 5.69 Å². The first-order valence-electron chi connectivity index (χ1n) is 10.2. The second-order valence-corrected chi connectivity index (χ2v) is 7.70. The topological polar surface area (TPSA) is 95.7 Å². The first kappa shape index (κ1) is 21.3. The van der Waals surface area contributed by atoms with Crippen molar-refractivity contribution in [2.45, 2.75) is 25.6 Å². The van der Waals surface area contributed by atoms with Crippen LogP contribution in [0.2, 0.25) is 0 Å². The largest absolute Gasteiger partial charge is 0.373 e. The summed E-state index contributed by atoms with van der Waals surface area (Å²) in [4.78, 5) is 25.2. The van der Waals surface area contributed by atoms with Crippen molar-refractivity contribution < 1.29 is 14.8 Å². The number of allylic oxidation sites excluding steroid dienone is 1. The number of carbonyl (C=O) groups excluding carboxylic acids is 1. The van der Waals surface area contributed by atoms with Gasteiger partial charge >= 0.3 is 0 Å². The smallest absolute Gasteiger partial charge is 0.269 e. The minimum Gasteiger partial charge on any atom is -0.373 e. The molecule has 1 aliphatic rings. The summed E-state index contributed by atoms with van der Waals surface area (Å²) in [6.45, 7) is 3.27. The Morgan fingerprint density at radius 3 is 2.09 bits per heavy atom. The number of rotatable bonds is 6. The van der Waals surface area contributed by atoms with E-state index in [1.54, 1.807) is 11.8 Å². The zero-order valence-corrected chi connectivity index (χ0v) is 17.7. The van der Waals surface area contributed by atoms with Gasteiger partial charge in [-0.15, -0.1) is 0 Å². The SMILES string of the molecule is CC(=O)C1=C(C)N(c2ccccc2)C(O)(c2ccc([N+](=O)[O-])cc2)C1Nc1ccccc1. The Morgan fingerprint density at radius 2 is 1.56 bits per heavy atom. The molecule has 3 aromatic carbocycles. The van der Waals surface area contributed by atoms with Crippen molar-refractivity contribution in [2.24, 2.45) is 0 Å². The summed E-state index contributed by atoms with van der Waals surface area (Å²) in [6.07, 6.45) is 0. The second kappa shape index (κ2) is 8.28. The fourth-order valence-electron chi connectivity index (χ4n) is 4.34. The number of aliphatic hydroxyl groups is 1. The minimum absolute atomic E-state index is 0.0781. The van der Waals surface area contributed by atoms with Gasteiger partial charge in [0, 0.05) is 40.3 Å². The highest BCUT2D eigenvalue weighted by Crippen LogP contribution is 2.47. The summed E-state index contributed by atoms with van der Waals surface area (Å²) in [5.41, 5.74) is 1.12. The van der Waals surface area contributed by atoms with Crippen molar-refractivity contribution >= 4 is 22.8 Å². The van der Waals surface area contributed by atoms with Crippen LogP contribution >= 0.6 is 0 Å². The van der Waals surface area contributed by atoms with Crippen LogP contribution in [0.15, 0.2) is 96.2 Å². The zero-order chi connectivity index (χ0) is 22.9. The zero-order valence-electron chi connectivity index (χ0n) is 17.7. The summed E-state index contributed by atoms with van der Waals surface area (Å²) in [6, 6.07) is 23.6. The van der Waals surface area contributed by atoms with E-state index in [1.165, 1.54) is 31.2 Å². The lowest BCUT2D eigenvalue weighted by Gasteiger charge is -2.41. The molecule has 7 nitrogen and oxygen atoms in total. The highest BCUT2D eigenvalue weighted by Gasteiger charge is 2.54. The maximum absolute atomic E-state index is 12.8. The molecule has 0 aromatic heterocycles. The molecule has 7 heteroatoms. The number of anilines is 2. The molecule has 2 N–H and O–H groups in total. The van der Waals surface area contributed by atoms with Gasteiger partial charge in [-0.05, 0) is 50.2 Å². The molecular formula is C25H23N3O4. The third-order valence-corrected chi connectivity index (χ3v) is 5.74. The molecule has 0 amide bonds. The Hall–Kier alpha value is -3.97. The third kappa shape index (κ3) is 3.52. The van der Waals surface area contributed by atoms with Crippen LogP contribution in [0, 0.1) is 10.1 Å². The van der Waals surface area contributed by atoms with Crippen molar-refractivity contribution in [3.63, 3.8) is 0 Å². The first-order valence-corrected chi connectivity index (χ1v) is 10.2. The van der Waals surface area contributed by atoms with Gasteiger partial charge < -0.3 is 15.3 Å². The van der Waals surface area contributed by atoms with Crippen LogP contribution in [0.3, 0.4) is 0 Å². The number of benzene rings is 3. The van der Waals surface area contributed by atoms with Crippen LogP contribution < -0.4 is 10.2 Å². The molecule has 3 aromatic rings. The Kier molecular flexibility index (Phi) is 5.50. The predicted molar refractivity (Wildman–Crippen MR) is 123 cm³/mol. The van der Waals surface area contributed by atoms with E-state index in [0.29, 0.717) is 22.5 Å². The predicted octanol–water partition coefficient (Wildman–Crippen LogP) is 4.60. The van der Waals surface area contributed by atoms with E-state index in [1.807, 2.05) is 60.7 Å². The van der Waals surface area contributed by atoms with Crippen molar-refractivity contribution in [2.75, 3.05) is 10.2 Å². The maximum Gasteiger partial charge on any atom is 0.269 e. The van der Waals surface area contributed by atoms with E-state index in [4.69, 9.17) is 0 Å². The van der Waals surface area contributed by atoms with E-state index in [-0.39, 0.29) is 11.5 Å². The fourth-order valence-corrected chi connectivity index (χ4v) is 4.34. The third-order valence-electron chi connectivity index (χ3n) is 5.74.